The largest absolute Gasteiger partial charge is 0.497 e. The number of fused-ring (bicyclic) bond motifs is 1. The van der Waals surface area contributed by atoms with Crippen molar-refractivity contribution in [2.45, 2.75) is 13.8 Å². The van der Waals surface area contributed by atoms with Crippen LogP contribution in [0.15, 0.2) is 28.8 Å². The number of methoxy groups -OCH3 is 1. The van der Waals surface area contributed by atoms with Crippen LogP contribution in [0.25, 0.3) is 22.4 Å². The molecule has 0 aliphatic heterocycles. The number of esters is 1. The van der Waals surface area contributed by atoms with E-state index in [-0.39, 0.29) is 29.1 Å². The van der Waals surface area contributed by atoms with Gasteiger partial charge in [0.05, 0.1) is 36.1 Å². The minimum absolute atomic E-state index is 0.156. The number of halogens is 1. The summed E-state index contributed by atoms with van der Waals surface area (Å²) in [5.74, 6) is -0.669. The van der Waals surface area contributed by atoms with Crippen molar-refractivity contribution in [3.8, 4) is 17.0 Å². The lowest BCUT2D eigenvalue weighted by atomic mass is 10.1. The SMILES string of the molecule is CCOC(=O)c1cc(-c2ccc(OC)cc2F)nc2onc(C)c12. The van der Waals surface area contributed by atoms with Crippen LogP contribution in [-0.4, -0.2) is 29.8 Å². The highest BCUT2D eigenvalue weighted by Gasteiger charge is 2.21. The molecule has 0 radical (unpaired) electrons. The Balaban J connectivity index is 2.21. The van der Waals surface area contributed by atoms with Gasteiger partial charge in [-0.15, -0.1) is 0 Å². The molecular formula is C17H15FN2O4. The third-order valence-electron chi connectivity index (χ3n) is 3.56. The number of ether oxygens (including phenoxy) is 2. The van der Waals surface area contributed by atoms with Crippen molar-refractivity contribution in [2.75, 3.05) is 13.7 Å². The van der Waals surface area contributed by atoms with E-state index in [1.165, 1.54) is 25.3 Å². The zero-order valence-electron chi connectivity index (χ0n) is 13.4. The predicted molar refractivity (Wildman–Crippen MR) is 84.4 cm³/mol. The molecule has 0 atom stereocenters. The smallest absolute Gasteiger partial charge is 0.339 e. The molecule has 24 heavy (non-hydrogen) atoms. The van der Waals surface area contributed by atoms with Gasteiger partial charge in [-0.25, -0.2) is 14.2 Å². The van der Waals surface area contributed by atoms with Gasteiger partial charge in [0.15, 0.2) is 0 Å². The average Bonchev–Trinajstić information content (AvgIpc) is 2.95. The normalized spacial score (nSPS) is 10.8. The second kappa shape index (κ2) is 6.27. The van der Waals surface area contributed by atoms with Crippen molar-refractivity contribution in [1.29, 1.82) is 0 Å². The minimum atomic E-state index is -0.536. The number of pyridine rings is 1. The molecule has 6 nitrogen and oxygen atoms in total. The van der Waals surface area contributed by atoms with Crippen LogP contribution in [0.5, 0.6) is 5.75 Å². The van der Waals surface area contributed by atoms with Crippen LogP contribution in [0, 0.1) is 12.7 Å². The van der Waals surface area contributed by atoms with Crippen LogP contribution in [0.3, 0.4) is 0 Å². The first-order chi connectivity index (χ1) is 11.5. The number of hydrogen-bond acceptors (Lipinski definition) is 6. The van der Waals surface area contributed by atoms with Gasteiger partial charge in [-0.1, -0.05) is 5.16 Å². The maximum absolute atomic E-state index is 14.3. The van der Waals surface area contributed by atoms with Gasteiger partial charge in [0.2, 0.25) is 0 Å². The fraction of sp³-hybridized carbons (Fsp3) is 0.235. The Hall–Kier alpha value is -2.96. The van der Waals surface area contributed by atoms with Gasteiger partial charge in [-0.2, -0.15) is 0 Å². The first-order valence-corrected chi connectivity index (χ1v) is 7.33. The number of aromatic nitrogens is 2. The fourth-order valence-electron chi connectivity index (χ4n) is 2.43. The van der Waals surface area contributed by atoms with E-state index >= 15 is 0 Å². The quantitative estimate of drug-likeness (QED) is 0.681. The molecule has 2 heterocycles. The Labute approximate surface area is 137 Å². The van der Waals surface area contributed by atoms with E-state index in [4.69, 9.17) is 14.0 Å². The molecule has 0 saturated carbocycles. The van der Waals surface area contributed by atoms with E-state index in [0.29, 0.717) is 16.8 Å². The molecule has 0 fully saturated rings. The molecule has 3 rings (SSSR count). The van der Waals surface area contributed by atoms with Crippen molar-refractivity contribution in [2.24, 2.45) is 0 Å². The summed E-state index contributed by atoms with van der Waals surface area (Å²) < 4.78 is 29.5. The summed E-state index contributed by atoms with van der Waals surface area (Å²) in [5, 5.41) is 4.29. The maximum Gasteiger partial charge on any atom is 0.339 e. The number of carbonyl (C=O) groups is 1. The minimum Gasteiger partial charge on any atom is -0.497 e. The zero-order valence-corrected chi connectivity index (χ0v) is 13.4. The summed E-state index contributed by atoms with van der Waals surface area (Å²) in [7, 11) is 1.45. The molecule has 0 bridgehead atoms. The summed E-state index contributed by atoms with van der Waals surface area (Å²) >= 11 is 0. The van der Waals surface area contributed by atoms with Crippen LogP contribution in [0.4, 0.5) is 4.39 Å². The number of rotatable bonds is 4. The Morgan fingerprint density at radius 2 is 2.12 bits per heavy atom. The Morgan fingerprint density at radius 1 is 1.33 bits per heavy atom. The van der Waals surface area contributed by atoms with Crippen LogP contribution < -0.4 is 4.74 Å². The number of benzene rings is 1. The van der Waals surface area contributed by atoms with Crippen LogP contribution >= 0.6 is 0 Å². The lowest BCUT2D eigenvalue weighted by Gasteiger charge is -2.08. The molecule has 0 spiro atoms. The number of hydrogen-bond donors (Lipinski definition) is 0. The second-order valence-corrected chi connectivity index (χ2v) is 5.07. The van der Waals surface area contributed by atoms with Gasteiger partial charge >= 0.3 is 5.97 Å². The molecule has 0 aliphatic rings. The highest BCUT2D eigenvalue weighted by atomic mass is 19.1. The molecule has 7 heteroatoms. The summed E-state index contributed by atoms with van der Waals surface area (Å²) in [6.45, 7) is 3.63. The van der Waals surface area contributed by atoms with Crippen LogP contribution in [0.2, 0.25) is 0 Å². The number of aryl methyl sites for hydroxylation is 1. The van der Waals surface area contributed by atoms with Gasteiger partial charge in [-0.05, 0) is 32.0 Å². The Kier molecular flexibility index (Phi) is 4.16. The first-order valence-electron chi connectivity index (χ1n) is 7.33. The molecule has 124 valence electrons. The molecule has 0 aliphatic carbocycles. The molecule has 3 aromatic rings. The zero-order chi connectivity index (χ0) is 17.3. The van der Waals surface area contributed by atoms with E-state index in [0.717, 1.165) is 0 Å². The van der Waals surface area contributed by atoms with E-state index < -0.39 is 11.8 Å². The molecular weight excluding hydrogens is 315 g/mol. The molecule has 2 aromatic heterocycles. The third-order valence-corrected chi connectivity index (χ3v) is 3.56. The van der Waals surface area contributed by atoms with Crippen molar-refractivity contribution < 1.29 is 23.2 Å². The lowest BCUT2D eigenvalue weighted by molar-refractivity contribution is 0.0528. The van der Waals surface area contributed by atoms with Gasteiger partial charge in [0.25, 0.3) is 5.71 Å². The van der Waals surface area contributed by atoms with Crippen molar-refractivity contribution in [3.63, 3.8) is 0 Å². The fourth-order valence-corrected chi connectivity index (χ4v) is 2.43. The standard InChI is InChI=1S/C17H15FN2O4/c1-4-23-17(21)12-8-14(19-16-15(12)9(2)20-24-16)11-6-5-10(22-3)7-13(11)18/h5-8H,4H2,1-3H3. The van der Waals surface area contributed by atoms with Gasteiger partial charge < -0.3 is 14.0 Å². The average molecular weight is 330 g/mol. The highest BCUT2D eigenvalue weighted by molar-refractivity contribution is 6.04. The van der Waals surface area contributed by atoms with E-state index in [2.05, 4.69) is 10.1 Å². The van der Waals surface area contributed by atoms with Crippen LogP contribution in [0.1, 0.15) is 23.0 Å². The van der Waals surface area contributed by atoms with E-state index in [1.54, 1.807) is 19.9 Å². The van der Waals surface area contributed by atoms with Gasteiger partial charge in [0, 0.05) is 11.6 Å². The second-order valence-electron chi connectivity index (χ2n) is 5.07. The van der Waals surface area contributed by atoms with E-state index in [1.807, 2.05) is 0 Å². The highest BCUT2D eigenvalue weighted by Crippen LogP contribution is 2.30. The molecule has 0 saturated heterocycles. The molecule has 0 amide bonds. The summed E-state index contributed by atoms with van der Waals surface area (Å²) in [5.41, 5.74) is 1.38. The number of nitrogens with zero attached hydrogens (tertiary/aromatic N) is 2. The summed E-state index contributed by atoms with van der Waals surface area (Å²) in [6.07, 6.45) is 0. The Morgan fingerprint density at radius 3 is 2.79 bits per heavy atom. The van der Waals surface area contributed by atoms with E-state index in [9.17, 15) is 9.18 Å². The van der Waals surface area contributed by atoms with Crippen molar-refractivity contribution >= 4 is 17.1 Å². The Bertz CT molecular complexity index is 920. The lowest BCUT2D eigenvalue weighted by Crippen LogP contribution is -2.06. The summed E-state index contributed by atoms with van der Waals surface area (Å²) in [6, 6.07) is 5.87. The van der Waals surface area contributed by atoms with Gasteiger partial charge in [0.1, 0.15) is 11.6 Å². The monoisotopic (exact) mass is 330 g/mol. The van der Waals surface area contributed by atoms with Crippen molar-refractivity contribution in [3.05, 3.63) is 41.3 Å². The maximum atomic E-state index is 14.3. The van der Waals surface area contributed by atoms with Gasteiger partial charge in [-0.3, -0.25) is 0 Å². The van der Waals surface area contributed by atoms with Crippen molar-refractivity contribution in [1.82, 2.24) is 10.1 Å². The summed E-state index contributed by atoms with van der Waals surface area (Å²) in [4.78, 5) is 16.5. The molecule has 1 aromatic carbocycles. The third kappa shape index (κ3) is 2.68. The molecule has 0 unspecified atom stereocenters. The first kappa shape index (κ1) is 15.9. The van der Waals surface area contributed by atoms with Crippen LogP contribution in [-0.2, 0) is 4.74 Å². The topological polar surface area (TPSA) is 74.5 Å². The predicted octanol–water partition coefficient (Wildman–Crippen LogP) is 3.52. The molecule has 0 N–H and O–H groups in total. The number of carbonyl (C=O) groups excluding carboxylic acids is 1.